The molecule has 1 aliphatic carbocycles. The molecule has 2 atom stereocenters. The summed E-state index contributed by atoms with van der Waals surface area (Å²) < 4.78 is 0.846. The van der Waals surface area contributed by atoms with Crippen LogP contribution in [0, 0.1) is 0 Å². The first-order valence-corrected chi connectivity index (χ1v) is 9.20. The molecule has 0 saturated carbocycles. The zero-order chi connectivity index (χ0) is 15.5. The molecule has 1 aromatic heterocycles. The summed E-state index contributed by atoms with van der Waals surface area (Å²) >= 11 is 2.96. The molecule has 1 aliphatic rings. The molecule has 3 rings (SSSR count). The first kappa shape index (κ1) is 15.5. The lowest BCUT2D eigenvalue weighted by molar-refractivity contribution is -0.131. The van der Waals surface area contributed by atoms with Gasteiger partial charge in [-0.2, -0.15) is 0 Å². The average molecular weight is 333 g/mol. The molecule has 6 heteroatoms. The Hall–Kier alpha value is -1.40. The number of aryl methyl sites for hydroxylation is 1. The van der Waals surface area contributed by atoms with Crippen molar-refractivity contribution >= 4 is 29.0 Å². The van der Waals surface area contributed by atoms with Gasteiger partial charge in [0, 0.05) is 7.05 Å². The molecular formula is C16H19N3OS2. The van der Waals surface area contributed by atoms with Gasteiger partial charge in [0.25, 0.3) is 0 Å². The van der Waals surface area contributed by atoms with Crippen LogP contribution in [0.25, 0.3) is 0 Å². The highest BCUT2D eigenvalue weighted by molar-refractivity contribution is 8.02. The van der Waals surface area contributed by atoms with Crippen LogP contribution in [-0.2, 0) is 11.2 Å². The van der Waals surface area contributed by atoms with E-state index in [1.54, 1.807) is 5.51 Å². The predicted octanol–water partition coefficient (Wildman–Crippen LogP) is 3.55. The third-order valence-electron chi connectivity index (χ3n) is 4.12. The Balaban J connectivity index is 1.73. The molecule has 1 amide bonds. The maximum absolute atomic E-state index is 12.7. The van der Waals surface area contributed by atoms with E-state index in [9.17, 15) is 4.79 Å². The fraction of sp³-hybridized carbons (Fsp3) is 0.438. The predicted molar refractivity (Wildman–Crippen MR) is 90.1 cm³/mol. The van der Waals surface area contributed by atoms with Crippen LogP contribution < -0.4 is 0 Å². The van der Waals surface area contributed by atoms with Crippen LogP contribution in [0.1, 0.15) is 36.9 Å². The highest BCUT2D eigenvalue weighted by atomic mass is 32.2. The van der Waals surface area contributed by atoms with Crippen molar-refractivity contribution in [2.45, 2.75) is 41.8 Å². The summed E-state index contributed by atoms with van der Waals surface area (Å²) in [5.74, 6) is 0.155. The Morgan fingerprint density at radius 3 is 3.05 bits per heavy atom. The Bertz CT molecular complexity index is 645. The average Bonchev–Trinajstić information content (AvgIpc) is 3.05. The number of fused-ring (bicyclic) bond motifs is 1. The molecule has 0 fully saturated rings. The minimum absolute atomic E-state index is 0.146. The summed E-state index contributed by atoms with van der Waals surface area (Å²) in [7, 11) is 1.92. The van der Waals surface area contributed by atoms with E-state index >= 15 is 0 Å². The monoisotopic (exact) mass is 333 g/mol. The summed E-state index contributed by atoms with van der Waals surface area (Å²) in [4.78, 5) is 14.7. The van der Waals surface area contributed by atoms with Crippen LogP contribution >= 0.6 is 23.1 Å². The molecule has 2 aromatic rings. The largest absolute Gasteiger partial charge is 0.338 e. The number of aromatic nitrogens is 2. The quantitative estimate of drug-likeness (QED) is 0.803. The van der Waals surface area contributed by atoms with Crippen molar-refractivity contribution in [3.05, 3.63) is 40.9 Å². The van der Waals surface area contributed by atoms with Gasteiger partial charge in [-0.05, 0) is 37.3 Å². The van der Waals surface area contributed by atoms with Gasteiger partial charge in [0.2, 0.25) is 5.91 Å². The Morgan fingerprint density at radius 2 is 2.27 bits per heavy atom. The van der Waals surface area contributed by atoms with E-state index in [0.717, 1.165) is 23.6 Å². The van der Waals surface area contributed by atoms with Gasteiger partial charge >= 0.3 is 0 Å². The van der Waals surface area contributed by atoms with Crippen LogP contribution in [0.15, 0.2) is 34.1 Å². The van der Waals surface area contributed by atoms with Crippen LogP contribution in [0.3, 0.4) is 0 Å². The van der Waals surface area contributed by atoms with Crippen LogP contribution in [0.4, 0.5) is 0 Å². The van der Waals surface area contributed by atoms with Crippen molar-refractivity contribution in [1.29, 1.82) is 0 Å². The summed E-state index contributed by atoms with van der Waals surface area (Å²) in [5, 5.41) is 7.68. The lowest BCUT2D eigenvalue weighted by Crippen LogP contribution is -2.37. The van der Waals surface area contributed by atoms with Crippen molar-refractivity contribution in [2.75, 3.05) is 7.05 Å². The van der Waals surface area contributed by atoms with Gasteiger partial charge in [-0.3, -0.25) is 4.79 Å². The number of thioether (sulfide) groups is 1. The van der Waals surface area contributed by atoms with Crippen molar-refractivity contribution in [3.8, 4) is 0 Å². The highest BCUT2D eigenvalue weighted by Crippen LogP contribution is 2.35. The Labute approximate surface area is 138 Å². The number of amides is 1. The molecule has 1 aromatic carbocycles. The molecule has 0 saturated heterocycles. The van der Waals surface area contributed by atoms with E-state index in [0.29, 0.717) is 0 Å². The lowest BCUT2D eigenvalue weighted by Gasteiger charge is -2.34. The molecule has 0 spiro atoms. The van der Waals surface area contributed by atoms with E-state index in [2.05, 4.69) is 34.5 Å². The number of benzene rings is 1. The molecule has 0 radical (unpaired) electrons. The van der Waals surface area contributed by atoms with Crippen LogP contribution in [0.5, 0.6) is 0 Å². The lowest BCUT2D eigenvalue weighted by atomic mass is 9.87. The number of hydrogen-bond donors (Lipinski definition) is 0. The maximum atomic E-state index is 12.7. The Kier molecular flexibility index (Phi) is 4.78. The van der Waals surface area contributed by atoms with Gasteiger partial charge in [0.1, 0.15) is 5.51 Å². The molecule has 0 aliphatic heterocycles. The van der Waals surface area contributed by atoms with Crippen molar-refractivity contribution < 1.29 is 4.79 Å². The zero-order valence-electron chi connectivity index (χ0n) is 12.7. The van der Waals surface area contributed by atoms with E-state index in [1.165, 1.54) is 34.2 Å². The second kappa shape index (κ2) is 6.79. The first-order valence-electron chi connectivity index (χ1n) is 7.44. The first-order chi connectivity index (χ1) is 10.7. The van der Waals surface area contributed by atoms with E-state index in [-0.39, 0.29) is 17.2 Å². The van der Waals surface area contributed by atoms with Crippen molar-refractivity contribution in [1.82, 2.24) is 15.1 Å². The van der Waals surface area contributed by atoms with Gasteiger partial charge in [-0.1, -0.05) is 47.4 Å². The van der Waals surface area contributed by atoms with Crippen LogP contribution in [-0.4, -0.2) is 33.3 Å². The summed E-state index contributed by atoms with van der Waals surface area (Å²) in [5.41, 5.74) is 4.38. The fourth-order valence-corrected chi connectivity index (χ4v) is 4.71. The summed E-state index contributed by atoms with van der Waals surface area (Å²) in [6.45, 7) is 1.94. The van der Waals surface area contributed by atoms with Gasteiger partial charge in [0.15, 0.2) is 4.34 Å². The second-order valence-electron chi connectivity index (χ2n) is 5.52. The fourth-order valence-electron chi connectivity index (χ4n) is 2.99. The van der Waals surface area contributed by atoms with Gasteiger partial charge < -0.3 is 4.90 Å². The molecule has 0 bridgehead atoms. The third-order valence-corrected chi connectivity index (χ3v) is 6.02. The van der Waals surface area contributed by atoms with Crippen molar-refractivity contribution in [3.63, 3.8) is 0 Å². The molecular weight excluding hydrogens is 314 g/mol. The van der Waals surface area contributed by atoms with Crippen molar-refractivity contribution in [2.24, 2.45) is 0 Å². The van der Waals surface area contributed by atoms with Gasteiger partial charge in [-0.15, -0.1) is 10.2 Å². The topological polar surface area (TPSA) is 46.1 Å². The summed E-state index contributed by atoms with van der Waals surface area (Å²) in [6, 6.07) is 8.67. The molecule has 0 N–H and O–H groups in total. The maximum Gasteiger partial charge on any atom is 0.236 e. The molecule has 1 heterocycles. The number of carbonyl (C=O) groups is 1. The normalized spacial score (nSPS) is 18.5. The second-order valence-corrected chi connectivity index (χ2v) is 7.94. The van der Waals surface area contributed by atoms with Gasteiger partial charge in [-0.25, -0.2) is 0 Å². The number of hydrogen-bond acceptors (Lipinski definition) is 5. The molecule has 2 unspecified atom stereocenters. The SMILES string of the molecule is CC(Sc1nncs1)C(=O)N(C)C1CCCc2ccccc21. The minimum Gasteiger partial charge on any atom is -0.338 e. The van der Waals surface area contributed by atoms with E-state index in [4.69, 9.17) is 0 Å². The minimum atomic E-state index is -0.146. The molecule has 4 nitrogen and oxygen atoms in total. The molecule has 22 heavy (non-hydrogen) atoms. The van der Waals surface area contributed by atoms with Gasteiger partial charge in [0.05, 0.1) is 11.3 Å². The van der Waals surface area contributed by atoms with E-state index < -0.39 is 0 Å². The van der Waals surface area contributed by atoms with E-state index in [1.807, 2.05) is 18.9 Å². The standard InChI is InChI=1S/C16H19N3OS2/c1-11(22-16-18-17-10-21-16)15(20)19(2)14-9-5-7-12-6-3-4-8-13(12)14/h3-4,6,8,10-11,14H,5,7,9H2,1-2H3. The van der Waals surface area contributed by atoms with Crippen LogP contribution in [0.2, 0.25) is 0 Å². The number of rotatable bonds is 4. The Morgan fingerprint density at radius 1 is 1.45 bits per heavy atom. The molecule has 116 valence electrons. The number of nitrogens with zero attached hydrogens (tertiary/aromatic N) is 3. The highest BCUT2D eigenvalue weighted by Gasteiger charge is 2.29. The third kappa shape index (κ3) is 3.17. The smallest absolute Gasteiger partial charge is 0.236 e. The zero-order valence-corrected chi connectivity index (χ0v) is 14.4. The number of carbonyl (C=O) groups excluding carboxylic acids is 1. The summed E-state index contributed by atoms with van der Waals surface area (Å²) in [6.07, 6.45) is 3.29.